The summed E-state index contributed by atoms with van der Waals surface area (Å²) in [5, 5.41) is 25.7. The fourth-order valence-corrected chi connectivity index (χ4v) is 4.42. The molecule has 0 saturated carbocycles. The number of pyridine rings is 1. The van der Waals surface area contributed by atoms with Crippen molar-refractivity contribution in [3.8, 4) is 23.0 Å². The summed E-state index contributed by atoms with van der Waals surface area (Å²) in [6.45, 7) is 1.92. The van der Waals surface area contributed by atoms with Crippen molar-refractivity contribution < 1.29 is 29.3 Å². The van der Waals surface area contributed by atoms with Crippen LogP contribution in [0.25, 0.3) is 0 Å². The first-order valence-corrected chi connectivity index (χ1v) is 13.3. The first-order chi connectivity index (χ1) is 18.6. The van der Waals surface area contributed by atoms with Gasteiger partial charge in [-0.1, -0.05) is 11.6 Å². The number of aromatic nitrogens is 1. The number of hydrogen-bond acceptors (Lipinski definition) is 9. The Morgan fingerprint density at radius 2 is 1.56 bits per heavy atom. The maximum Gasteiger partial charge on any atom is 0.239 e. The van der Waals surface area contributed by atoms with Crippen LogP contribution in [0.1, 0.15) is 11.1 Å². The van der Waals surface area contributed by atoms with Crippen LogP contribution in [0.2, 0.25) is 5.15 Å². The average Bonchev–Trinajstić information content (AvgIpc) is 3.34. The topological polar surface area (TPSA) is 142 Å². The number of phenols is 2. The van der Waals surface area contributed by atoms with Crippen LogP contribution in [-0.4, -0.2) is 57.9 Å². The maximum atomic E-state index is 12.1. The van der Waals surface area contributed by atoms with Crippen LogP contribution in [0, 0.1) is 6.92 Å². The van der Waals surface area contributed by atoms with E-state index in [1.807, 2.05) is 6.92 Å². The lowest BCUT2D eigenvalue weighted by Crippen LogP contribution is -2.15. The normalized spacial score (nSPS) is 11.5. The van der Waals surface area contributed by atoms with Gasteiger partial charge in [-0.2, -0.15) is 0 Å². The van der Waals surface area contributed by atoms with E-state index in [1.165, 1.54) is 38.1 Å². The molecule has 0 fully saturated rings. The highest BCUT2D eigenvalue weighted by atomic mass is 35.5. The van der Waals surface area contributed by atoms with E-state index < -0.39 is 0 Å². The fraction of sp³-hybridized carbons (Fsp3) is 0.231. The number of phenolic OH excluding ortho intramolecular Hbond substituents is 2. The van der Waals surface area contributed by atoms with Crippen LogP contribution in [-0.2, 0) is 16.0 Å². The highest BCUT2D eigenvalue weighted by Crippen LogP contribution is 2.34. The van der Waals surface area contributed by atoms with Crippen LogP contribution < -0.4 is 20.1 Å². The van der Waals surface area contributed by atoms with Gasteiger partial charge in [-0.05, 0) is 42.3 Å². The summed E-state index contributed by atoms with van der Waals surface area (Å²) in [6, 6.07) is 9.27. The number of carbonyl (C=O) groups excluding carboxylic acids is 2. The number of rotatable bonds is 7. The van der Waals surface area contributed by atoms with E-state index in [1.54, 1.807) is 30.5 Å². The van der Waals surface area contributed by atoms with E-state index in [2.05, 4.69) is 20.6 Å². The van der Waals surface area contributed by atoms with E-state index >= 15 is 0 Å². The van der Waals surface area contributed by atoms with Gasteiger partial charge in [-0.15, -0.1) is 23.4 Å². The number of alkyl halides is 1. The van der Waals surface area contributed by atoms with Gasteiger partial charge < -0.3 is 30.3 Å². The highest BCUT2D eigenvalue weighted by molar-refractivity contribution is 8.14. The summed E-state index contributed by atoms with van der Waals surface area (Å²) < 4.78 is 9.81. The zero-order valence-electron chi connectivity index (χ0n) is 21.2. The summed E-state index contributed by atoms with van der Waals surface area (Å²) in [7, 11) is 2.92. The quantitative estimate of drug-likeness (QED) is 0.214. The SMILES string of the molecule is COc1ccc(NC(=O)CCl)cc1O.COc1ccc(NC(=O)CSC2=Nc3cnc(Cl)c(C)c3C2)cc1O. The van der Waals surface area contributed by atoms with Gasteiger partial charge in [0.05, 0.1) is 36.9 Å². The average molecular weight is 593 g/mol. The molecule has 0 unspecified atom stereocenters. The lowest BCUT2D eigenvalue weighted by atomic mass is 10.1. The molecule has 2 amide bonds. The molecule has 0 bridgehead atoms. The third-order valence-electron chi connectivity index (χ3n) is 5.36. The number of halogens is 2. The molecule has 1 aromatic heterocycles. The van der Waals surface area contributed by atoms with Crippen molar-refractivity contribution in [2.45, 2.75) is 13.3 Å². The summed E-state index contributed by atoms with van der Waals surface area (Å²) >= 11 is 12.7. The third-order valence-corrected chi connectivity index (χ3v) is 6.96. The van der Waals surface area contributed by atoms with Crippen molar-refractivity contribution in [3.05, 3.63) is 58.9 Å². The van der Waals surface area contributed by atoms with Gasteiger partial charge in [0.25, 0.3) is 0 Å². The van der Waals surface area contributed by atoms with E-state index in [9.17, 15) is 19.8 Å². The van der Waals surface area contributed by atoms with Crippen LogP contribution in [0.4, 0.5) is 17.1 Å². The zero-order valence-corrected chi connectivity index (χ0v) is 23.6. The predicted octanol–water partition coefficient (Wildman–Crippen LogP) is 5.29. The van der Waals surface area contributed by atoms with Crippen molar-refractivity contribution in [1.29, 1.82) is 0 Å². The van der Waals surface area contributed by atoms with Crippen molar-refractivity contribution in [3.63, 3.8) is 0 Å². The lowest BCUT2D eigenvalue weighted by Gasteiger charge is -2.08. The van der Waals surface area contributed by atoms with Crippen molar-refractivity contribution in [2.24, 2.45) is 4.99 Å². The molecule has 0 radical (unpaired) electrons. The maximum absolute atomic E-state index is 12.1. The van der Waals surface area contributed by atoms with E-state index in [0.717, 1.165) is 21.9 Å². The largest absolute Gasteiger partial charge is 0.504 e. The minimum absolute atomic E-state index is 0.0246. The molecule has 0 atom stereocenters. The Hall–Kier alpha value is -3.67. The molecule has 39 heavy (non-hydrogen) atoms. The molecule has 0 aliphatic carbocycles. The number of fused-ring (bicyclic) bond motifs is 1. The molecule has 13 heteroatoms. The Balaban J connectivity index is 0.000000255. The molecule has 10 nitrogen and oxygen atoms in total. The fourth-order valence-electron chi connectivity index (χ4n) is 3.41. The Morgan fingerprint density at radius 1 is 1.00 bits per heavy atom. The lowest BCUT2D eigenvalue weighted by molar-refractivity contribution is -0.114. The molecule has 1 aliphatic heterocycles. The minimum atomic E-state index is -0.323. The Morgan fingerprint density at radius 3 is 2.08 bits per heavy atom. The number of anilines is 2. The number of carbonyl (C=O) groups is 2. The van der Waals surface area contributed by atoms with Gasteiger partial charge >= 0.3 is 0 Å². The van der Waals surface area contributed by atoms with Gasteiger partial charge in [0.1, 0.15) is 11.0 Å². The summed E-state index contributed by atoms with van der Waals surface area (Å²) in [4.78, 5) is 31.6. The van der Waals surface area contributed by atoms with Crippen LogP contribution >= 0.6 is 35.0 Å². The minimum Gasteiger partial charge on any atom is -0.504 e. The predicted molar refractivity (Wildman–Crippen MR) is 155 cm³/mol. The van der Waals surface area contributed by atoms with Gasteiger partial charge in [0.15, 0.2) is 23.0 Å². The molecule has 4 rings (SSSR count). The monoisotopic (exact) mass is 592 g/mol. The number of benzene rings is 2. The number of ether oxygens (including phenoxy) is 2. The standard InChI is InChI=1S/C17H16ClN3O3S.C9H10ClNO3/c1-9-11-6-16(21-12(11)7-19-17(9)18)25-8-15(23)20-10-3-4-14(24-2)13(22)5-10;1-14-8-3-2-6(4-7(8)12)11-9(13)5-10/h3-5,7,22H,6,8H2,1-2H3,(H,20,23);2-4,12H,5H2,1H3,(H,11,13). The highest BCUT2D eigenvalue weighted by Gasteiger charge is 2.20. The first-order valence-electron chi connectivity index (χ1n) is 11.4. The van der Waals surface area contributed by atoms with E-state index in [4.69, 9.17) is 32.7 Å². The van der Waals surface area contributed by atoms with Crippen molar-refractivity contribution in [2.75, 3.05) is 36.5 Å². The number of hydrogen-bond donors (Lipinski definition) is 4. The second-order valence-electron chi connectivity index (χ2n) is 8.01. The van der Waals surface area contributed by atoms with Gasteiger partial charge in [-0.25, -0.2) is 9.98 Å². The number of amides is 2. The van der Waals surface area contributed by atoms with E-state index in [0.29, 0.717) is 34.4 Å². The van der Waals surface area contributed by atoms with Crippen molar-refractivity contribution in [1.82, 2.24) is 4.98 Å². The Kier molecular flexibility index (Phi) is 10.7. The molecule has 2 aromatic carbocycles. The third kappa shape index (κ3) is 8.16. The van der Waals surface area contributed by atoms with Gasteiger partial charge in [0.2, 0.25) is 11.8 Å². The van der Waals surface area contributed by atoms with Gasteiger partial charge in [-0.3, -0.25) is 9.59 Å². The molecular weight excluding hydrogens is 567 g/mol. The second kappa shape index (κ2) is 13.9. The number of methoxy groups -OCH3 is 2. The molecule has 2 heterocycles. The number of aromatic hydroxyl groups is 2. The summed E-state index contributed by atoms with van der Waals surface area (Å²) in [6.07, 6.45) is 2.31. The zero-order chi connectivity index (χ0) is 28.5. The second-order valence-corrected chi connectivity index (χ2v) is 9.69. The van der Waals surface area contributed by atoms with Crippen molar-refractivity contribution >= 4 is 68.9 Å². The first kappa shape index (κ1) is 29.9. The molecule has 0 spiro atoms. The van der Waals surface area contributed by atoms with Crippen LogP contribution in [0.3, 0.4) is 0 Å². The summed E-state index contributed by atoms with van der Waals surface area (Å²) in [5.41, 5.74) is 3.78. The summed E-state index contributed by atoms with van der Waals surface area (Å²) in [5.74, 6) is 0.259. The molecular formula is C26H26Cl2N4O6S. The Labute approximate surface area is 239 Å². The molecule has 206 valence electrons. The van der Waals surface area contributed by atoms with Gasteiger partial charge in [0, 0.05) is 29.9 Å². The Bertz CT molecular complexity index is 1400. The molecule has 3 aromatic rings. The van der Waals surface area contributed by atoms with Crippen LogP contribution in [0.15, 0.2) is 47.6 Å². The van der Waals surface area contributed by atoms with Crippen LogP contribution in [0.5, 0.6) is 23.0 Å². The number of aliphatic imine (C=N–C) groups is 1. The molecule has 0 saturated heterocycles. The molecule has 1 aliphatic rings. The smallest absolute Gasteiger partial charge is 0.239 e. The van der Waals surface area contributed by atoms with E-state index in [-0.39, 0.29) is 34.9 Å². The number of nitrogens with one attached hydrogen (secondary N) is 2. The number of nitrogens with zero attached hydrogens (tertiary/aromatic N) is 2. The number of thioether (sulfide) groups is 1. The molecule has 4 N–H and O–H groups in total.